The summed E-state index contributed by atoms with van der Waals surface area (Å²) < 4.78 is 47.1. The van der Waals surface area contributed by atoms with Crippen LogP contribution < -0.4 is 4.72 Å². The van der Waals surface area contributed by atoms with Gasteiger partial charge in [-0.1, -0.05) is 0 Å². The Morgan fingerprint density at radius 2 is 1.65 bits per heavy atom. The van der Waals surface area contributed by atoms with Crippen molar-refractivity contribution in [3.8, 4) is 0 Å². The molecule has 0 aliphatic carbocycles. The summed E-state index contributed by atoms with van der Waals surface area (Å²) in [6.07, 6.45) is 1.00. The maximum absolute atomic E-state index is 11.5. The number of hydrogen-bond acceptors (Lipinski definition) is 5. The second kappa shape index (κ2) is 5.03. The highest BCUT2D eigenvalue weighted by Gasteiger charge is 2.13. The standard InChI is InChI=1S/C9H13NO5S2/c1-16(12,13)10-8-2-4-9(5-3-8)17(14,15)7-6-11/h2-5,10-11H,6-7H2,1H3. The molecule has 1 aromatic rings. The van der Waals surface area contributed by atoms with Gasteiger partial charge in [-0.3, -0.25) is 4.72 Å². The van der Waals surface area contributed by atoms with E-state index in [2.05, 4.69) is 4.72 Å². The quantitative estimate of drug-likeness (QED) is 0.779. The molecule has 0 aliphatic heterocycles. The molecular weight excluding hydrogens is 266 g/mol. The highest BCUT2D eigenvalue weighted by molar-refractivity contribution is 7.92. The fraction of sp³-hybridized carbons (Fsp3) is 0.333. The van der Waals surface area contributed by atoms with Gasteiger partial charge in [0.05, 0.1) is 23.5 Å². The molecule has 0 saturated heterocycles. The van der Waals surface area contributed by atoms with E-state index >= 15 is 0 Å². The van der Waals surface area contributed by atoms with Crippen LogP contribution in [-0.4, -0.2) is 40.6 Å². The average molecular weight is 279 g/mol. The third-order valence-electron chi connectivity index (χ3n) is 1.88. The van der Waals surface area contributed by atoms with Crippen LogP contribution in [0.15, 0.2) is 29.2 Å². The van der Waals surface area contributed by atoms with E-state index in [1.807, 2.05) is 0 Å². The summed E-state index contributed by atoms with van der Waals surface area (Å²) in [5.74, 6) is -0.355. The van der Waals surface area contributed by atoms with E-state index in [1.165, 1.54) is 24.3 Å². The van der Waals surface area contributed by atoms with Crippen LogP contribution in [0.25, 0.3) is 0 Å². The fourth-order valence-electron chi connectivity index (χ4n) is 1.18. The zero-order chi connectivity index (χ0) is 13.1. The summed E-state index contributed by atoms with van der Waals surface area (Å²) >= 11 is 0. The normalized spacial score (nSPS) is 12.4. The Hall–Kier alpha value is -1.12. The predicted octanol–water partition coefficient (Wildman–Crippen LogP) is -0.176. The lowest BCUT2D eigenvalue weighted by Gasteiger charge is -2.05. The molecule has 0 bridgehead atoms. The van der Waals surface area contributed by atoms with E-state index in [4.69, 9.17) is 5.11 Å². The Morgan fingerprint density at radius 3 is 2.06 bits per heavy atom. The van der Waals surface area contributed by atoms with Gasteiger partial charge < -0.3 is 5.11 Å². The van der Waals surface area contributed by atoms with E-state index in [9.17, 15) is 16.8 Å². The van der Waals surface area contributed by atoms with Crippen LogP contribution in [0, 0.1) is 0 Å². The number of sulfonamides is 1. The number of aliphatic hydroxyl groups is 1. The summed E-state index contributed by atoms with van der Waals surface area (Å²) in [7, 11) is -6.87. The van der Waals surface area contributed by atoms with Crippen LogP contribution in [0.5, 0.6) is 0 Å². The molecule has 2 N–H and O–H groups in total. The summed E-state index contributed by atoms with van der Waals surface area (Å²) in [5, 5.41) is 8.60. The highest BCUT2D eigenvalue weighted by Crippen LogP contribution is 2.15. The zero-order valence-electron chi connectivity index (χ0n) is 9.12. The van der Waals surface area contributed by atoms with Crippen LogP contribution in [0.2, 0.25) is 0 Å². The summed E-state index contributed by atoms with van der Waals surface area (Å²) in [4.78, 5) is 0.0469. The molecule has 8 heteroatoms. The number of hydrogen-bond donors (Lipinski definition) is 2. The van der Waals surface area contributed by atoms with Gasteiger partial charge in [0.1, 0.15) is 0 Å². The number of sulfone groups is 1. The fourth-order valence-corrected chi connectivity index (χ4v) is 2.77. The van der Waals surface area contributed by atoms with Gasteiger partial charge in [-0.15, -0.1) is 0 Å². The molecule has 1 rings (SSSR count). The molecule has 0 atom stereocenters. The Balaban J connectivity index is 2.97. The maximum atomic E-state index is 11.5. The van der Waals surface area contributed by atoms with Gasteiger partial charge in [0.25, 0.3) is 0 Å². The van der Waals surface area contributed by atoms with Crippen molar-refractivity contribution < 1.29 is 21.9 Å². The highest BCUT2D eigenvalue weighted by atomic mass is 32.2. The summed E-state index contributed by atoms with van der Waals surface area (Å²) in [5.41, 5.74) is 0.287. The Kier molecular flexibility index (Phi) is 4.12. The van der Waals surface area contributed by atoms with Crippen LogP contribution in [0.3, 0.4) is 0 Å². The number of anilines is 1. The van der Waals surface area contributed by atoms with E-state index in [0.717, 1.165) is 6.26 Å². The molecule has 1 aromatic carbocycles. The number of rotatable bonds is 5. The van der Waals surface area contributed by atoms with E-state index in [0.29, 0.717) is 0 Å². The monoisotopic (exact) mass is 279 g/mol. The first-order chi connectivity index (χ1) is 7.74. The van der Waals surface area contributed by atoms with Gasteiger partial charge in [-0.25, -0.2) is 16.8 Å². The molecule has 0 spiro atoms. The summed E-state index contributed by atoms with van der Waals surface area (Å²) in [6.45, 7) is -0.453. The topological polar surface area (TPSA) is 101 Å². The van der Waals surface area contributed by atoms with Crippen LogP contribution in [0.4, 0.5) is 5.69 Å². The smallest absolute Gasteiger partial charge is 0.229 e. The second-order valence-electron chi connectivity index (χ2n) is 3.44. The maximum Gasteiger partial charge on any atom is 0.229 e. The minimum Gasteiger partial charge on any atom is -0.395 e. The van der Waals surface area contributed by atoms with Crippen LogP contribution >= 0.6 is 0 Å². The lowest BCUT2D eigenvalue weighted by atomic mass is 10.3. The molecule has 0 saturated carbocycles. The third-order valence-corrected chi connectivity index (χ3v) is 4.19. The van der Waals surface area contributed by atoms with Gasteiger partial charge in [-0.05, 0) is 24.3 Å². The molecule has 0 unspecified atom stereocenters. The van der Waals surface area contributed by atoms with Crippen molar-refractivity contribution in [2.24, 2.45) is 0 Å². The van der Waals surface area contributed by atoms with Crippen molar-refractivity contribution in [2.75, 3.05) is 23.3 Å². The molecule has 96 valence electrons. The number of benzene rings is 1. The van der Waals surface area contributed by atoms with Crippen molar-refractivity contribution in [2.45, 2.75) is 4.90 Å². The zero-order valence-corrected chi connectivity index (χ0v) is 10.8. The molecule has 0 aromatic heterocycles. The third kappa shape index (κ3) is 4.33. The Bertz CT molecular complexity index is 574. The molecule has 0 heterocycles. The first-order valence-corrected chi connectivity index (χ1v) is 8.20. The first kappa shape index (κ1) is 13.9. The summed E-state index contributed by atoms with van der Waals surface area (Å²) in [6, 6.07) is 5.29. The van der Waals surface area contributed by atoms with E-state index in [-0.39, 0.29) is 16.3 Å². The molecule has 0 fully saturated rings. The lowest BCUT2D eigenvalue weighted by Crippen LogP contribution is -2.11. The van der Waals surface area contributed by atoms with Gasteiger partial charge in [0.2, 0.25) is 10.0 Å². The SMILES string of the molecule is CS(=O)(=O)Nc1ccc(S(=O)(=O)CCO)cc1. The lowest BCUT2D eigenvalue weighted by molar-refractivity contribution is 0.319. The van der Waals surface area contributed by atoms with Gasteiger partial charge in [0, 0.05) is 5.69 Å². The van der Waals surface area contributed by atoms with Crippen molar-refractivity contribution in [3.05, 3.63) is 24.3 Å². The van der Waals surface area contributed by atoms with Gasteiger partial charge >= 0.3 is 0 Å². The van der Waals surface area contributed by atoms with Crippen molar-refractivity contribution in [1.29, 1.82) is 0 Å². The minimum absolute atomic E-state index is 0.0469. The molecule has 0 aliphatic rings. The number of nitrogens with one attached hydrogen (secondary N) is 1. The van der Waals surface area contributed by atoms with Crippen molar-refractivity contribution in [3.63, 3.8) is 0 Å². The Labute approximate surface area is 100 Å². The van der Waals surface area contributed by atoms with Crippen molar-refractivity contribution in [1.82, 2.24) is 0 Å². The molecule has 0 radical (unpaired) electrons. The van der Waals surface area contributed by atoms with Gasteiger partial charge in [0.15, 0.2) is 9.84 Å². The van der Waals surface area contributed by atoms with Crippen molar-refractivity contribution >= 4 is 25.5 Å². The largest absolute Gasteiger partial charge is 0.395 e. The molecule has 6 nitrogen and oxygen atoms in total. The molecular formula is C9H13NO5S2. The van der Waals surface area contributed by atoms with Gasteiger partial charge in [-0.2, -0.15) is 0 Å². The van der Waals surface area contributed by atoms with Crippen LogP contribution in [-0.2, 0) is 19.9 Å². The Morgan fingerprint density at radius 1 is 1.12 bits per heavy atom. The predicted molar refractivity (Wildman–Crippen MR) is 64.0 cm³/mol. The first-order valence-electron chi connectivity index (χ1n) is 4.66. The average Bonchev–Trinajstić information content (AvgIpc) is 2.15. The number of aliphatic hydroxyl groups excluding tert-OH is 1. The molecule has 0 amide bonds. The van der Waals surface area contributed by atoms with E-state index in [1.54, 1.807) is 0 Å². The minimum atomic E-state index is -3.50. The van der Waals surface area contributed by atoms with Crippen LogP contribution in [0.1, 0.15) is 0 Å². The molecule has 17 heavy (non-hydrogen) atoms. The van der Waals surface area contributed by atoms with E-state index < -0.39 is 26.5 Å². The second-order valence-corrected chi connectivity index (χ2v) is 7.30.